The molecular weight excluding hydrogens is 394 g/mol. The maximum atomic E-state index is 12.5. The molecule has 2 aliphatic heterocycles. The number of hydrogen-bond acceptors (Lipinski definition) is 7. The second-order valence-electron chi connectivity index (χ2n) is 7.99. The molecule has 1 aromatic carbocycles. The average Bonchev–Trinajstić information content (AvgIpc) is 3.13. The zero-order valence-corrected chi connectivity index (χ0v) is 18.2. The normalized spacial score (nSPS) is 17.3. The summed E-state index contributed by atoms with van der Waals surface area (Å²) in [5.41, 5.74) is 0. The lowest BCUT2D eigenvalue weighted by atomic mass is 10.2. The summed E-state index contributed by atoms with van der Waals surface area (Å²) in [7, 11) is 1.61. The minimum Gasteiger partial charge on any atom is -0.497 e. The zero-order chi connectivity index (χ0) is 21.5. The fraction of sp³-hybridized carbons (Fsp3) is 0.522. The van der Waals surface area contributed by atoms with E-state index in [1.54, 1.807) is 13.2 Å². The minimum absolute atomic E-state index is 0.00920. The quantitative estimate of drug-likeness (QED) is 0.704. The van der Waals surface area contributed by atoms with Gasteiger partial charge in [0.1, 0.15) is 11.5 Å². The molecule has 8 nitrogen and oxygen atoms in total. The van der Waals surface area contributed by atoms with Gasteiger partial charge in [-0.15, -0.1) is 10.2 Å². The van der Waals surface area contributed by atoms with Gasteiger partial charge in [-0.1, -0.05) is 18.9 Å². The summed E-state index contributed by atoms with van der Waals surface area (Å²) in [6.45, 7) is 4.92. The Kier molecular flexibility index (Phi) is 7.07. The van der Waals surface area contributed by atoms with Gasteiger partial charge in [0.05, 0.1) is 7.11 Å². The molecule has 2 fully saturated rings. The molecule has 0 bridgehead atoms. The highest BCUT2D eigenvalue weighted by Gasteiger charge is 2.23. The van der Waals surface area contributed by atoms with E-state index in [0.29, 0.717) is 24.6 Å². The first-order valence-corrected chi connectivity index (χ1v) is 11.1. The van der Waals surface area contributed by atoms with Gasteiger partial charge in [0.15, 0.2) is 18.2 Å². The lowest BCUT2D eigenvalue weighted by Gasteiger charge is -2.35. The van der Waals surface area contributed by atoms with Gasteiger partial charge in [-0.05, 0) is 37.1 Å². The standard InChI is InChI=1S/C23H31N5O3/c1-30-19-7-6-8-20(17-19)31-18-23(29)28-15-13-27(14-16-28)22-10-9-21(24-25-22)26-11-4-2-3-5-12-26/h6-10,17H,2-5,11-16,18H2,1H3. The topological polar surface area (TPSA) is 71.0 Å². The first-order valence-electron chi connectivity index (χ1n) is 11.1. The molecule has 0 N–H and O–H groups in total. The number of rotatable bonds is 6. The first-order chi connectivity index (χ1) is 15.2. The van der Waals surface area contributed by atoms with Crippen molar-refractivity contribution in [2.45, 2.75) is 25.7 Å². The van der Waals surface area contributed by atoms with E-state index < -0.39 is 0 Å². The van der Waals surface area contributed by atoms with Gasteiger partial charge in [0.25, 0.3) is 5.91 Å². The summed E-state index contributed by atoms with van der Waals surface area (Å²) < 4.78 is 10.8. The largest absolute Gasteiger partial charge is 0.497 e. The van der Waals surface area contributed by atoms with Gasteiger partial charge < -0.3 is 24.2 Å². The number of methoxy groups -OCH3 is 1. The third kappa shape index (κ3) is 5.57. The van der Waals surface area contributed by atoms with Crippen LogP contribution in [-0.2, 0) is 4.79 Å². The number of piperazine rings is 1. The lowest BCUT2D eigenvalue weighted by molar-refractivity contribution is -0.133. The number of hydrogen-bond donors (Lipinski definition) is 0. The van der Waals surface area contributed by atoms with Crippen LogP contribution in [0.25, 0.3) is 0 Å². The van der Waals surface area contributed by atoms with Gasteiger partial charge in [-0.25, -0.2) is 0 Å². The Morgan fingerprint density at radius 2 is 1.45 bits per heavy atom. The lowest BCUT2D eigenvalue weighted by Crippen LogP contribution is -2.50. The van der Waals surface area contributed by atoms with Crippen LogP contribution in [-0.4, -0.2) is 74.0 Å². The predicted octanol–water partition coefficient (Wildman–Crippen LogP) is 2.59. The maximum Gasteiger partial charge on any atom is 0.260 e. The summed E-state index contributed by atoms with van der Waals surface area (Å²) in [4.78, 5) is 18.9. The van der Waals surface area contributed by atoms with E-state index in [2.05, 4.69) is 32.1 Å². The molecule has 1 aromatic heterocycles. The van der Waals surface area contributed by atoms with Crippen molar-refractivity contribution in [1.29, 1.82) is 0 Å². The highest BCUT2D eigenvalue weighted by atomic mass is 16.5. The Balaban J connectivity index is 1.25. The van der Waals surface area contributed by atoms with Crippen molar-refractivity contribution in [3.05, 3.63) is 36.4 Å². The molecule has 2 saturated heterocycles. The minimum atomic E-state index is -0.00920. The SMILES string of the molecule is COc1cccc(OCC(=O)N2CCN(c3ccc(N4CCCCCC4)nn3)CC2)c1. The number of amides is 1. The third-order valence-corrected chi connectivity index (χ3v) is 5.93. The summed E-state index contributed by atoms with van der Waals surface area (Å²) in [6.07, 6.45) is 5.05. The number of benzene rings is 1. The van der Waals surface area contributed by atoms with Crippen molar-refractivity contribution >= 4 is 17.5 Å². The highest BCUT2D eigenvalue weighted by Crippen LogP contribution is 2.21. The molecule has 4 rings (SSSR count). The fourth-order valence-corrected chi connectivity index (χ4v) is 4.07. The van der Waals surface area contributed by atoms with Crippen LogP contribution in [0.2, 0.25) is 0 Å². The molecular formula is C23H31N5O3. The van der Waals surface area contributed by atoms with Crippen LogP contribution >= 0.6 is 0 Å². The van der Waals surface area contributed by atoms with Crippen LogP contribution in [0.15, 0.2) is 36.4 Å². The Morgan fingerprint density at radius 1 is 0.839 bits per heavy atom. The van der Waals surface area contributed by atoms with Crippen molar-refractivity contribution in [3.63, 3.8) is 0 Å². The average molecular weight is 426 g/mol. The number of ether oxygens (including phenoxy) is 2. The molecule has 0 unspecified atom stereocenters. The molecule has 1 amide bonds. The number of carbonyl (C=O) groups excluding carboxylic acids is 1. The van der Waals surface area contributed by atoms with Crippen molar-refractivity contribution in [2.24, 2.45) is 0 Å². The fourth-order valence-electron chi connectivity index (χ4n) is 4.07. The molecule has 0 atom stereocenters. The summed E-state index contributed by atoms with van der Waals surface area (Å²) >= 11 is 0. The monoisotopic (exact) mass is 425 g/mol. The van der Waals surface area contributed by atoms with Crippen molar-refractivity contribution in [3.8, 4) is 11.5 Å². The molecule has 166 valence electrons. The molecule has 3 heterocycles. The van der Waals surface area contributed by atoms with E-state index in [1.165, 1.54) is 25.7 Å². The number of aromatic nitrogens is 2. The summed E-state index contributed by atoms with van der Waals surface area (Å²) in [5.74, 6) is 3.17. The first kappa shape index (κ1) is 21.2. The van der Waals surface area contributed by atoms with Crippen LogP contribution < -0.4 is 19.3 Å². The Bertz CT molecular complexity index is 845. The Hall–Kier alpha value is -3.03. The second kappa shape index (κ2) is 10.3. The van der Waals surface area contributed by atoms with Crippen molar-refractivity contribution in [2.75, 3.05) is 62.8 Å². The number of nitrogens with zero attached hydrogens (tertiary/aromatic N) is 5. The molecule has 31 heavy (non-hydrogen) atoms. The number of carbonyl (C=O) groups is 1. The highest BCUT2D eigenvalue weighted by molar-refractivity contribution is 5.78. The van der Waals surface area contributed by atoms with E-state index in [4.69, 9.17) is 9.47 Å². The second-order valence-corrected chi connectivity index (χ2v) is 7.99. The Labute approximate surface area is 183 Å². The molecule has 8 heteroatoms. The zero-order valence-electron chi connectivity index (χ0n) is 18.2. The van der Waals surface area contributed by atoms with E-state index >= 15 is 0 Å². The van der Waals surface area contributed by atoms with Crippen LogP contribution in [0.1, 0.15) is 25.7 Å². The van der Waals surface area contributed by atoms with Gasteiger partial charge >= 0.3 is 0 Å². The Morgan fingerprint density at radius 3 is 2.06 bits per heavy atom. The van der Waals surface area contributed by atoms with Crippen LogP contribution in [0, 0.1) is 0 Å². The van der Waals surface area contributed by atoms with E-state index in [-0.39, 0.29) is 12.5 Å². The summed E-state index contributed by atoms with van der Waals surface area (Å²) in [6, 6.07) is 11.4. The number of anilines is 2. The molecule has 2 aromatic rings. The van der Waals surface area contributed by atoms with Gasteiger partial charge in [-0.3, -0.25) is 4.79 Å². The molecule has 0 saturated carbocycles. The van der Waals surface area contributed by atoms with E-state index in [1.807, 2.05) is 23.1 Å². The smallest absolute Gasteiger partial charge is 0.260 e. The van der Waals surface area contributed by atoms with Gasteiger partial charge in [-0.2, -0.15) is 0 Å². The van der Waals surface area contributed by atoms with E-state index in [0.717, 1.165) is 37.8 Å². The summed E-state index contributed by atoms with van der Waals surface area (Å²) in [5, 5.41) is 8.94. The van der Waals surface area contributed by atoms with Crippen LogP contribution in [0.5, 0.6) is 11.5 Å². The van der Waals surface area contributed by atoms with Crippen molar-refractivity contribution in [1.82, 2.24) is 15.1 Å². The molecule has 2 aliphatic rings. The van der Waals surface area contributed by atoms with Crippen LogP contribution in [0.4, 0.5) is 11.6 Å². The van der Waals surface area contributed by atoms with Gasteiger partial charge in [0.2, 0.25) is 0 Å². The third-order valence-electron chi connectivity index (χ3n) is 5.93. The van der Waals surface area contributed by atoms with Crippen molar-refractivity contribution < 1.29 is 14.3 Å². The molecule has 0 radical (unpaired) electrons. The molecule has 0 spiro atoms. The maximum absolute atomic E-state index is 12.5. The van der Waals surface area contributed by atoms with Gasteiger partial charge in [0, 0.05) is 45.3 Å². The predicted molar refractivity (Wildman–Crippen MR) is 120 cm³/mol. The van der Waals surface area contributed by atoms with E-state index in [9.17, 15) is 4.79 Å². The molecule has 0 aliphatic carbocycles. The van der Waals surface area contributed by atoms with Crippen LogP contribution in [0.3, 0.4) is 0 Å².